The average Bonchev–Trinajstić information content (AvgIpc) is 3.33. The van der Waals surface area contributed by atoms with Gasteiger partial charge in [0.25, 0.3) is 0 Å². The van der Waals surface area contributed by atoms with Crippen LogP contribution in [0.5, 0.6) is 0 Å². The Morgan fingerprint density at radius 3 is 1.11 bits per heavy atom. The quantitative estimate of drug-likeness (QED) is 0.157. The van der Waals surface area contributed by atoms with E-state index in [2.05, 4.69) is 233 Å². The molecule has 0 unspecified atom stereocenters. The van der Waals surface area contributed by atoms with Crippen LogP contribution in [0.15, 0.2) is 212 Å². The van der Waals surface area contributed by atoms with E-state index in [-0.39, 0.29) is 5.41 Å². The van der Waals surface area contributed by atoms with Crippen molar-refractivity contribution in [3.05, 3.63) is 218 Å². The van der Waals surface area contributed by atoms with Gasteiger partial charge in [-0.3, -0.25) is 0 Å². The molecule has 0 amide bonds. The zero-order valence-electron chi connectivity index (χ0n) is 35.1. The van der Waals surface area contributed by atoms with Gasteiger partial charge >= 0.3 is 0 Å². The van der Waals surface area contributed by atoms with E-state index in [1.165, 1.54) is 71.6 Å². The molecule has 0 fully saturated rings. The van der Waals surface area contributed by atoms with Crippen LogP contribution in [0.3, 0.4) is 0 Å². The van der Waals surface area contributed by atoms with Crippen LogP contribution in [-0.2, 0) is 5.41 Å². The van der Waals surface area contributed by atoms with Crippen LogP contribution in [-0.4, -0.2) is 9.97 Å². The predicted molar refractivity (Wildman–Crippen MR) is 263 cm³/mol. The fourth-order valence-corrected chi connectivity index (χ4v) is 9.26. The summed E-state index contributed by atoms with van der Waals surface area (Å²) in [5, 5.41) is 7.16. The fraction of sp³-hybridized carbons (Fsp3) is 0.0667. The zero-order valence-corrected chi connectivity index (χ0v) is 35.1. The van der Waals surface area contributed by atoms with Crippen LogP contribution < -0.4 is 0 Å². The maximum atomic E-state index is 5.26. The molecule has 62 heavy (non-hydrogen) atoms. The number of benzene rings is 9. The summed E-state index contributed by atoms with van der Waals surface area (Å²) in [6, 6.07) is 76.8. The average molecular weight is 793 g/mol. The van der Waals surface area contributed by atoms with Crippen molar-refractivity contribution in [3.8, 4) is 67.0 Å². The van der Waals surface area contributed by atoms with E-state index < -0.39 is 0 Å². The Balaban J connectivity index is 1.18. The third-order valence-corrected chi connectivity index (χ3v) is 12.4. The topological polar surface area (TPSA) is 25.8 Å². The van der Waals surface area contributed by atoms with Crippen LogP contribution in [0, 0.1) is 0 Å². The molecule has 9 aromatic carbocycles. The van der Waals surface area contributed by atoms with Crippen LogP contribution in [0.25, 0.3) is 110 Å². The highest BCUT2D eigenvalue weighted by atomic mass is 14.7. The van der Waals surface area contributed by atoms with E-state index in [0.29, 0.717) is 0 Å². The van der Waals surface area contributed by atoms with Gasteiger partial charge in [0.1, 0.15) is 0 Å². The van der Waals surface area contributed by atoms with E-state index in [4.69, 9.17) is 9.97 Å². The standard InChI is InChI=1S/C60H44N2/c1-60(2,3)45-30-31-48-53(36-45)59(44-29-33-55-52(35-44)50(40-20-10-5-11-21-40)38-57(62-55)42-24-14-7-15-25-42)47-27-17-16-26-46(47)58(48)43-28-32-54-51(34-43)49(39-18-8-4-9-19-39)37-56(61-54)41-22-12-6-13-23-41/h4-38H,1-3H3. The molecule has 0 aliphatic carbocycles. The number of fused-ring (bicyclic) bond motifs is 4. The van der Waals surface area contributed by atoms with Crippen LogP contribution in [0.4, 0.5) is 0 Å². The Hall–Kier alpha value is -7.68. The molecule has 2 nitrogen and oxygen atoms in total. The first-order valence-corrected chi connectivity index (χ1v) is 21.5. The summed E-state index contributed by atoms with van der Waals surface area (Å²) >= 11 is 0. The second kappa shape index (κ2) is 15.1. The van der Waals surface area contributed by atoms with Gasteiger partial charge < -0.3 is 0 Å². The SMILES string of the molecule is CC(C)(C)c1ccc2c(-c3ccc4nc(-c5ccccc5)cc(-c5ccccc5)c4c3)c3ccccc3c(-c3ccc4nc(-c5ccccc5)cc(-c5ccccc5)c4c3)c2c1. The van der Waals surface area contributed by atoms with E-state index >= 15 is 0 Å². The van der Waals surface area contributed by atoms with Gasteiger partial charge in [0, 0.05) is 21.9 Å². The maximum absolute atomic E-state index is 5.26. The van der Waals surface area contributed by atoms with E-state index in [0.717, 1.165) is 44.3 Å². The van der Waals surface area contributed by atoms with Gasteiger partial charge in [-0.15, -0.1) is 0 Å². The van der Waals surface area contributed by atoms with Crippen molar-refractivity contribution < 1.29 is 0 Å². The Morgan fingerprint density at radius 1 is 0.290 bits per heavy atom. The third kappa shape index (κ3) is 6.62. The molecule has 294 valence electrons. The normalized spacial score (nSPS) is 11.8. The number of rotatable bonds is 6. The smallest absolute Gasteiger partial charge is 0.0716 e. The summed E-state index contributed by atoms with van der Waals surface area (Å²) in [5.74, 6) is 0. The van der Waals surface area contributed by atoms with Crippen LogP contribution >= 0.6 is 0 Å². The molecule has 0 saturated carbocycles. The van der Waals surface area contributed by atoms with Crippen molar-refractivity contribution in [2.75, 3.05) is 0 Å². The first-order chi connectivity index (χ1) is 30.4. The monoisotopic (exact) mass is 792 g/mol. The molecule has 0 bridgehead atoms. The van der Waals surface area contributed by atoms with Gasteiger partial charge in [-0.25, -0.2) is 9.97 Å². The molecule has 11 aromatic rings. The number of aromatic nitrogens is 2. The molecule has 0 spiro atoms. The summed E-state index contributed by atoms with van der Waals surface area (Å²) in [7, 11) is 0. The summed E-state index contributed by atoms with van der Waals surface area (Å²) in [6.45, 7) is 6.91. The number of pyridine rings is 2. The molecule has 2 heterocycles. The lowest BCUT2D eigenvalue weighted by Crippen LogP contribution is -2.10. The van der Waals surface area contributed by atoms with Gasteiger partial charge in [-0.2, -0.15) is 0 Å². The molecule has 11 rings (SSSR count). The van der Waals surface area contributed by atoms with E-state index in [1.54, 1.807) is 0 Å². The van der Waals surface area contributed by atoms with Gasteiger partial charge in [0.15, 0.2) is 0 Å². The number of hydrogen-bond donors (Lipinski definition) is 0. The summed E-state index contributed by atoms with van der Waals surface area (Å²) in [4.78, 5) is 10.5. The van der Waals surface area contributed by atoms with Crippen LogP contribution in [0.2, 0.25) is 0 Å². The van der Waals surface area contributed by atoms with Crippen molar-refractivity contribution in [3.63, 3.8) is 0 Å². The highest BCUT2D eigenvalue weighted by molar-refractivity contribution is 6.22. The third-order valence-electron chi connectivity index (χ3n) is 12.4. The lowest BCUT2D eigenvalue weighted by Gasteiger charge is -2.23. The first kappa shape index (κ1) is 37.3. The van der Waals surface area contributed by atoms with Crippen molar-refractivity contribution in [1.29, 1.82) is 0 Å². The molecule has 0 saturated heterocycles. The molecule has 2 heteroatoms. The largest absolute Gasteiger partial charge is 0.248 e. The molecule has 2 aromatic heterocycles. The summed E-state index contributed by atoms with van der Waals surface area (Å²) in [6.07, 6.45) is 0. The minimum atomic E-state index is -0.0471. The first-order valence-electron chi connectivity index (χ1n) is 21.5. The summed E-state index contributed by atoms with van der Waals surface area (Å²) < 4.78 is 0. The highest BCUT2D eigenvalue weighted by Crippen LogP contribution is 2.47. The van der Waals surface area contributed by atoms with Gasteiger partial charge in [0.05, 0.1) is 22.4 Å². The predicted octanol–water partition coefficient (Wildman–Crippen LogP) is 16.4. The molecular weight excluding hydrogens is 749 g/mol. The Bertz CT molecular complexity index is 3460. The lowest BCUT2D eigenvalue weighted by molar-refractivity contribution is 0.591. The highest BCUT2D eigenvalue weighted by Gasteiger charge is 2.22. The van der Waals surface area contributed by atoms with Crippen LogP contribution in [0.1, 0.15) is 26.3 Å². The minimum absolute atomic E-state index is 0.0471. The van der Waals surface area contributed by atoms with E-state index in [9.17, 15) is 0 Å². The second-order valence-electron chi connectivity index (χ2n) is 17.3. The zero-order chi connectivity index (χ0) is 41.8. The van der Waals surface area contributed by atoms with Gasteiger partial charge in [0.2, 0.25) is 0 Å². The number of nitrogens with zero attached hydrogens (tertiary/aromatic N) is 2. The second-order valence-corrected chi connectivity index (χ2v) is 17.3. The Morgan fingerprint density at radius 2 is 0.677 bits per heavy atom. The Labute approximate surface area is 362 Å². The van der Waals surface area contributed by atoms with Crippen molar-refractivity contribution in [2.24, 2.45) is 0 Å². The maximum Gasteiger partial charge on any atom is 0.0716 e. The van der Waals surface area contributed by atoms with Crippen molar-refractivity contribution in [2.45, 2.75) is 26.2 Å². The molecule has 0 aliphatic heterocycles. The molecule has 0 aliphatic rings. The summed E-state index contributed by atoms with van der Waals surface area (Å²) in [5.41, 5.74) is 16.9. The van der Waals surface area contributed by atoms with Gasteiger partial charge in [-0.05, 0) is 119 Å². The van der Waals surface area contributed by atoms with Gasteiger partial charge in [-0.1, -0.05) is 191 Å². The lowest BCUT2D eigenvalue weighted by atomic mass is 9.81. The number of hydrogen-bond acceptors (Lipinski definition) is 2. The molecule has 0 N–H and O–H groups in total. The molecule has 0 radical (unpaired) electrons. The van der Waals surface area contributed by atoms with Crippen molar-refractivity contribution >= 4 is 43.4 Å². The molecular formula is C60H44N2. The fourth-order valence-electron chi connectivity index (χ4n) is 9.26. The minimum Gasteiger partial charge on any atom is -0.248 e. The molecule has 0 atom stereocenters. The van der Waals surface area contributed by atoms with E-state index in [1.807, 2.05) is 0 Å². The van der Waals surface area contributed by atoms with Crippen molar-refractivity contribution in [1.82, 2.24) is 9.97 Å². The Kier molecular flexibility index (Phi) is 9.09.